The van der Waals surface area contributed by atoms with Crippen molar-refractivity contribution in [2.45, 2.75) is 19.1 Å². The maximum atomic E-state index is 11.9. The lowest BCUT2D eigenvalue weighted by atomic mass is 10.1. The van der Waals surface area contributed by atoms with Crippen molar-refractivity contribution in [3.8, 4) is 0 Å². The second-order valence-electron chi connectivity index (χ2n) is 4.75. The Morgan fingerprint density at radius 3 is 2.50 bits per heavy atom. The molecule has 0 spiro atoms. The van der Waals surface area contributed by atoms with Gasteiger partial charge in [0, 0.05) is 29.3 Å². The first-order valence-corrected chi connectivity index (χ1v) is 9.01. The van der Waals surface area contributed by atoms with Gasteiger partial charge in [-0.25, -0.2) is 13.1 Å². The Kier molecular flexibility index (Phi) is 7.08. The Bertz CT molecular complexity index is 637. The molecule has 2 unspecified atom stereocenters. The summed E-state index contributed by atoms with van der Waals surface area (Å²) in [5, 5.41) is 3.54. The number of carbonyl (C=O) groups is 1. The van der Waals surface area contributed by atoms with E-state index in [0.717, 1.165) is 6.26 Å². The quantitative estimate of drug-likeness (QED) is 0.767. The lowest BCUT2D eigenvalue weighted by molar-refractivity contribution is -0.122. The maximum Gasteiger partial charge on any atom is 0.237 e. The van der Waals surface area contributed by atoms with E-state index < -0.39 is 28.1 Å². The zero-order chi connectivity index (χ0) is 16.9. The Morgan fingerprint density at radius 2 is 2.00 bits per heavy atom. The van der Waals surface area contributed by atoms with Crippen LogP contribution in [0.1, 0.15) is 18.6 Å². The number of halogens is 2. The number of benzene rings is 1. The molecule has 0 bridgehead atoms. The van der Waals surface area contributed by atoms with Gasteiger partial charge in [-0.3, -0.25) is 4.79 Å². The van der Waals surface area contributed by atoms with Crippen molar-refractivity contribution < 1.29 is 17.9 Å². The third-order valence-corrected chi connectivity index (χ3v) is 4.18. The SMILES string of the molecule is COC(CNC(=O)C(C)NS(C)(=O)=O)c1ccc(Cl)cc1Cl. The smallest absolute Gasteiger partial charge is 0.237 e. The lowest BCUT2D eigenvalue weighted by Crippen LogP contribution is -2.45. The third kappa shape index (κ3) is 6.10. The lowest BCUT2D eigenvalue weighted by Gasteiger charge is -2.19. The van der Waals surface area contributed by atoms with Crippen LogP contribution in [0.5, 0.6) is 0 Å². The van der Waals surface area contributed by atoms with Crippen LogP contribution < -0.4 is 10.0 Å². The third-order valence-electron chi connectivity index (χ3n) is 2.84. The van der Waals surface area contributed by atoms with Crippen molar-refractivity contribution in [2.24, 2.45) is 0 Å². The number of hydrogen-bond donors (Lipinski definition) is 2. The van der Waals surface area contributed by atoms with Gasteiger partial charge in [0.15, 0.2) is 0 Å². The second kappa shape index (κ2) is 8.12. The number of hydrogen-bond acceptors (Lipinski definition) is 4. The van der Waals surface area contributed by atoms with Gasteiger partial charge in [0.05, 0.1) is 12.3 Å². The van der Waals surface area contributed by atoms with Gasteiger partial charge in [-0.05, 0) is 19.1 Å². The van der Waals surface area contributed by atoms with E-state index in [1.807, 2.05) is 0 Å². The van der Waals surface area contributed by atoms with E-state index >= 15 is 0 Å². The Labute approximate surface area is 140 Å². The molecule has 2 atom stereocenters. The van der Waals surface area contributed by atoms with E-state index in [1.54, 1.807) is 18.2 Å². The van der Waals surface area contributed by atoms with E-state index in [9.17, 15) is 13.2 Å². The van der Waals surface area contributed by atoms with Gasteiger partial charge < -0.3 is 10.1 Å². The van der Waals surface area contributed by atoms with Crippen molar-refractivity contribution >= 4 is 39.1 Å². The molecule has 0 radical (unpaired) electrons. The molecule has 1 aromatic rings. The van der Waals surface area contributed by atoms with Crippen molar-refractivity contribution in [3.05, 3.63) is 33.8 Å². The first kappa shape index (κ1) is 19.2. The summed E-state index contributed by atoms with van der Waals surface area (Å²) in [6, 6.07) is 4.08. The Hall–Kier alpha value is -0.860. The summed E-state index contributed by atoms with van der Waals surface area (Å²) in [4.78, 5) is 11.9. The van der Waals surface area contributed by atoms with Gasteiger partial charge >= 0.3 is 0 Å². The molecule has 22 heavy (non-hydrogen) atoms. The number of nitrogens with one attached hydrogen (secondary N) is 2. The molecule has 0 fully saturated rings. The normalized spacial score (nSPS) is 14.4. The molecule has 0 saturated carbocycles. The number of sulfonamides is 1. The fourth-order valence-corrected chi connectivity index (χ4v) is 3.08. The average molecular weight is 369 g/mol. The second-order valence-corrected chi connectivity index (χ2v) is 7.37. The van der Waals surface area contributed by atoms with E-state index in [-0.39, 0.29) is 6.54 Å². The van der Waals surface area contributed by atoms with Crippen LogP contribution >= 0.6 is 23.2 Å². The monoisotopic (exact) mass is 368 g/mol. The van der Waals surface area contributed by atoms with Crippen molar-refractivity contribution in [1.29, 1.82) is 0 Å². The van der Waals surface area contributed by atoms with Crippen molar-refractivity contribution in [2.75, 3.05) is 19.9 Å². The molecule has 2 N–H and O–H groups in total. The molecule has 1 aromatic carbocycles. The van der Waals surface area contributed by atoms with Gasteiger partial charge in [-0.15, -0.1) is 0 Å². The highest BCUT2D eigenvalue weighted by atomic mass is 35.5. The van der Waals surface area contributed by atoms with Crippen LogP contribution in [0.4, 0.5) is 0 Å². The Balaban J connectivity index is 2.69. The van der Waals surface area contributed by atoms with Gasteiger partial charge in [0.1, 0.15) is 6.10 Å². The standard InChI is InChI=1S/C13H18Cl2N2O4S/c1-8(17-22(3,19)20)13(18)16-7-12(21-2)10-5-4-9(14)6-11(10)15/h4-6,8,12,17H,7H2,1-3H3,(H,16,18). The van der Waals surface area contributed by atoms with E-state index in [1.165, 1.54) is 14.0 Å². The molecule has 0 aliphatic carbocycles. The molecule has 0 aliphatic rings. The minimum atomic E-state index is -3.45. The van der Waals surface area contributed by atoms with Gasteiger partial charge in [0.2, 0.25) is 15.9 Å². The van der Waals surface area contributed by atoms with Gasteiger partial charge in [-0.1, -0.05) is 29.3 Å². The summed E-state index contributed by atoms with van der Waals surface area (Å²) in [5.74, 6) is -0.461. The topological polar surface area (TPSA) is 84.5 Å². The molecule has 0 saturated heterocycles. The number of rotatable bonds is 7. The molecule has 124 valence electrons. The van der Waals surface area contributed by atoms with Crippen LogP contribution in [0.3, 0.4) is 0 Å². The molecule has 0 aliphatic heterocycles. The molecule has 9 heteroatoms. The number of carbonyl (C=O) groups excluding carboxylic acids is 1. The van der Waals surface area contributed by atoms with Gasteiger partial charge in [0.25, 0.3) is 0 Å². The van der Waals surface area contributed by atoms with Crippen LogP contribution in [0, 0.1) is 0 Å². The van der Waals surface area contributed by atoms with Crippen molar-refractivity contribution in [1.82, 2.24) is 10.0 Å². The van der Waals surface area contributed by atoms with Crippen molar-refractivity contribution in [3.63, 3.8) is 0 Å². The van der Waals surface area contributed by atoms with E-state index in [2.05, 4.69) is 10.0 Å². The zero-order valence-electron chi connectivity index (χ0n) is 12.4. The molecule has 1 amide bonds. The average Bonchev–Trinajstić information content (AvgIpc) is 2.39. The highest BCUT2D eigenvalue weighted by Crippen LogP contribution is 2.27. The minimum absolute atomic E-state index is 0.145. The summed E-state index contributed by atoms with van der Waals surface area (Å²) < 4.78 is 29.7. The molecule has 0 heterocycles. The van der Waals surface area contributed by atoms with Crippen LogP contribution in [-0.2, 0) is 19.6 Å². The van der Waals surface area contributed by atoms with E-state index in [0.29, 0.717) is 15.6 Å². The zero-order valence-corrected chi connectivity index (χ0v) is 14.7. The number of amides is 1. The number of ether oxygens (including phenoxy) is 1. The molecular weight excluding hydrogens is 351 g/mol. The molecule has 6 nitrogen and oxygen atoms in total. The highest BCUT2D eigenvalue weighted by Gasteiger charge is 2.20. The summed E-state index contributed by atoms with van der Waals surface area (Å²) in [5.41, 5.74) is 0.678. The van der Waals surface area contributed by atoms with Gasteiger partial charge in [-0.2, -0.15) is 0 Å². The fraction of sp³-hybridized carbons (Fsp3) is 0.462. The largest absolute Gasteiger partial charge is 0.375 e. The van der Waals surface area contributed by atoms with E-state index in [4.69, 9.17) is 27.9 Å². The molecule has 1 rings (SSSR count). The van der Waals surface area contributed by atoms with Crippen LogP contribution in [0.25, 0.3) is 0 Å². The highest BCUT2D eigenvalue weighted by molar-refractivity contribution is 7.88. The van der Waals surface area contributed by atoms with Crippen LogP contribution in [0.15, 0.2) is 18.2 Å². The summed E-state index contributed by atoms with van der Waals surface area (Å²) in [6.45, 7) is 1.60. The first-order valence-electron chi connectivity index (χ1n) is 6.36. The van der Waals surface area contributed by atoms with Crippen LogP contribution in [0.2, 0.25) is 10.0 Å². The fourth-order valence-electron chi connectivity index (χ4n) is 1.80. The predicted octanol–water partition coefficient (Wildman–Crippen LogP) is 1.73. The summed E-state index contributed by atoms with van der Waals surface area (Å²) in [6.07, 6.45) is 0.515. The molecular formula is C13H18Cl2N2O4S. The summed E-state index contributed by atoms with van der Waals surface area (Å²) in [7, 11) is -1.97. The predicted molar refractivity (Wildman–Crippen MR) is 86.7 cm³/mol. The maximum absolute atomic E-state index is 11.9. The Morgan fingerprint density at radius 1 is 1.36 bits per heavy atom. The minimum Gasteiger partial charge on any atom is -0.375 e. The number of methoxy groups -OCH3 is 1. The van der Waals surface area contributed by atoms with Crippen LogP contribution in [-0.4, -0.2) is 40.3 Å². The summed E-state index contributed by atoms with van der Waals surface area (Å²) >= 11 is 11.9. The molecule has 0 aromatic heterocycles. The first-order chi connectivity index (χ1) is 10.1.